The first-order chi connectivity index (χ1) is 16.7. The molecule has 1 heterocycles. The zero-order chi connectivity index (χ0) is 22.6. The molecule has 0 fully saturated rings. The average molecular weight is 515 g/mol. The highest BCUT2D eigenvalue weighted by Crippen LogP contribution is 2.43. The molecule has 0 saturated carbocycles. The summed E-state index contributed by atoms with van der Waals surface area (Å²) in [6.45, 7) is 0. The summed E-state index contributed by atoms with van der Waals surface area (Å²) in [6.07, 6.45) is 0. The molecular weight excluding hydrogens is 496 g/mol. The van der Waals surface area contributed by atoms with Crippen LogP contribution in [0.25, 0.3) is 64.0 Å². The quantitative estimate of drug-likeness (QED) is 0.215. The minimum atomic E-state index is 1.10. The van der Waals surface area contributed by atoms with Gasteiger partial charge in [-0.15, -0.1) is 11.3 Å². The van der Waals surface area contributed by atoms with Crippen LogP contribution in [0.1, 0.15) is 0 Å². The first kappa shape index (κ1) is 20.0. The van der Waals surface area contributed by atoms with Crippen LogP contribution in [0.5, 0.6) is 0 Å². The van der Waals surface area contributed by atoms with E-state index in [2.05, 4.69) is 131 Å². The van der Waals surface area contributed by atoms with Gasteiger partial charge in [0, 0.05) is 30.0 Å². The van der Waals surface area contributed by atoms with Crippen LogP contribution in [-0.2, 0) is 0 Å². The Morgan fingerprint density at radius 2 is 1.06 bits per heavy atom. The summed E-state index contributed by atoms with van der Waals surface area (Å²) in [6, 6.07) is 42.1. The van der Waals surface area contributed by atoms with Crippen molar-refractivity contribution in [2.45, 2.75) is 0 Å². The number of fused-ring (bicyclic) bond motifs is 6. The number of thiophene rings is 1. The SMILES string of the molecule is Brc1ccc(-c2ccc(-c3cc4c5cc6ccccc6cc5sc4c4ccccc34)cc2)cc1. The number of hydrogen-bond donors (Lipinski definition) is 0. The third-order valence-corrected chi connectivity index (χ3v) is 8.45. The molecule has 2 heteroatoms. The highest BCUT2D eigenvalue weighted by molar-refractivity contribution is 9.10. The molecular formula is C32H19BrS. The highest BCUT2D eigenvalue weighted by Gasteiger charge is 2.14. The molecule has 0 bridgehead atoms. The van der Waals surface area contributed by atoms with E-state index in [-0.39, 0.29) is 0 Å². The summed E-state index contributed by atoms with van der Waals surface area (Å²) in [5.41, 5.74) is 5.00. The van der Waals surface area contributed by atoms with Gasteiger partial charge in [0.25, 0.3) is 0 Å². The third-order valence-electron chi connectivity index (χ3n) is 6.72. The summed E-state index contributed by atoms with van der Waals surface area (Å²) < 4.78 is 3.82. The summed E-state index contributed by atoms with van der Waals surface area (Å²) in [4.78, 5) is 0. The highest BCUT2D eigenvalue weighted by atomic mass is 79.9. The van der Waals surface area contributed by atoms with Crippen molar-refractivity contribution in [2.75, 3.05) is 0 Å². The van der Waals surface area contributed by atoms with E-state index >= 15 is 0 Å². The molecule has 1 aromatic heterocycles. The van der Waals surface area contributed by atoms with Crippen LogP contribution in [0.4, 0.5) is 0 Å². The van der Waals surface area contributed by atoms with Crippen molar-refractivity contribution >= 4 is 69.0 Å². The van der Waals surface area contributed by atoms with Crippen LogP contribution in [0.3, 0.4) is 0 Å². The summed E-state index contributed by atoms with van der Waals surface area (Å²) in [5, 5.41) is 7.92. The molecule has 0 aliphatic heterocycles. The molecule has 0 atom stereocenters. The molecule has 7 aromatic rings. The van der Waals surface area contributed by atoms with E-state index in [0.717, 1.165) is 4.47 Å². The van der Waals surface area contributed by atoms with E-state index in [1.807, 2.05) is 11.3 Å². The Morgan fingerprint density at radius 1 is 0.471 bits per heavy atom. The van der Waals surface area contributed by atoms with Crippen molar-refractivity contribution in [3.05, 3.63) is 120 Å². The number of halogens is 1. The Hall–Kier alpha value is -3.46. The van der Waals surface area contributed by atoms with Gasteiger partial charge in [0.2, 0.25) is 0 Å². The second-order valence-electron chi connectivity index (χ2n) is 8.73. The van der Waals surface area contributed by atoms with Gasteiger partial charge in [0.1, 0.15) is 0 Å². The molecule has 6 aromatic carbocycles. The molecule has 0 spiro atoms. The van der Waals surface area contributed by atoms with Gasteiger partial charge >= 0.3 is 0 Å². The first-order valence-electron chi connectivity index (χ1n) is 11.4. The van der Waals surface area contributed by atoms with Crippen molar-refractivity contribution < 1.29 is 0 Å². The average Bonchev–Trinajstić information content (AvgIpc) is 3.25. The Bertz CT molecular complexity index is 1840. The molecule has 7 rings (SSSR count). The predicted octanol–water partition coefficient (Wildman–Crippen LogP) is 10.5. The van der Waals surface area contributed by atoms with Crippen LogP contribution in [-0.4, -0.2) is 0 Å². The zero-order valence-electron chi connectivity index (χ0n) is 18.3. The maximum absolute atomic E-state index is 3.53. The van der Waals surface area contributed by atoms with Crippen molar-refractivity contribution in [3.63, 3.8) is 0 Å². The van der Waals surface area contributed by atoms with E-state index in [4.69, 9.17) is 0 Å². The Balaban J connectivity index is 1.47. The van der Waals surface area contributed by atoms with Crippen LogP contribution < -0.4 is 0 Å². The summed E-state index contributed by atoms with van der Waals surface area (Å²) in [5.74, 6) is 0. The van der Waals surface area contributed by atoms with Gasteiger partial charge in [-0.1, -0.05) is 101 Å². The fourth-order valence-electron chi connectivity index (χ4n) is 5.01. The second-order valence-corrected chi connectivity index (χ2v) is 10.7. The lowest BCUT2D eigenvalue weighted by Crippen LogP contribution is -1.84. The molecule has 0 aliphatic carbocycles. The van der Waals surface area contributed by atoms with Gasteiger partial charge in [-0.25, -0.2) is 0 Å². The van der Waals surface area contributed by atoms with Crippen LogP contribution >= 0.6 is 27.3 Å². The molecule has 34 heavy (non-hydrogen) atoms. The minimum Gasteiger partial charge on any atom is -0.135 e. The molecule has 160 valence electrons. The van der Waals surface area contributed by atoms with E-state index in [1.165, 1.54) is 64.0 Å². The third kappa shape index (κ3) is 3.18. The van der Waals surface area contributed by atoms with Gasteiger partial charge in [0.15, 0.2) is 0 Å². The van der Waals surface area contributed by atoms with Gasteiger partial charge < -0.3 is 0 Å². The predicted molar refractivity (Wildman–Crippen MR) is 153 cm³/mol. The Labute approximate surface area is 210 Å². The number of hydrogen-bond acceptors (Lipinski definition) is 1. The van der Waals surface area contributed by atoms with Gasteiger partial charge in [-0.05, 0) is 68.7 Å². The molecule has 0 nitrogen and oxygen atoms in total. The second kappa shape index (κ2) is 7.80. The van der Waals surface area contributed by atoms with Crippen molar-refractivity contribution in [1.82, 2.24) is 0 Å². The zero-order valence-corrected chi connectivity index (χ0v) is 20.7. The van der Waals surface area contributed by atoms with Crippen LogP contribution in [0.15, 0.2) is 120 Å². The van der Waals surface area contributed by atoms with E-state index in [9.17, 15) is 0 Å². The molecule has 0 unspecified atom stereocenters. The minimum absolute atomic E-state index is 1.10. The maximum atomic E-state index is 3.53. The normalized spacial score (nSPS) is 11.7. The van der Waals surface area contributed by atoms with Gasteiger partial charge in [0.05, 0.1) is 0 Å². The number of rotatable bonds is 2. The summed E-state index contributed by atoms with van der Waals surface area (Å²) >= 11 is 5.44. The smallest absolute Gasteiger partial charge is 0.0434 e. The van der Waals surface area contributed by atoms with Crippen molar-refractivity contribution in [2.24, 2.45) is 0 Å². The van der Waals surface area contributed by atoms with Crippen LogP contribution in [0, 0.1) is 0 Å². The Morgan fingerprint density at radius 3 is 1.79 bits per heavy atom. The Kier molecular flexibility index (Phi) is 4.58. The van der Waals surface area contributed by atoms with E-state index in [1.54, 1.807) is 0 Å². The standard InChI is InChI=1S/C32H19BrS/c33-25-15-13-21(14-16-25)20-9-11-22(12-10-20)28-19-30-29-17-23-5-1-2-6-24(23)18-31(29)34-32(30)27-8-4-3-7-26(27)28/h1-19H. The maximum Gasteiger partial charge on any atom is 0.0434 e. The molecule has 0 saturated heterocycles. The molecule has 0 radical (unpaired) electrons. The van der Waals surface area contributed by atoms with E-state index < -0.39 is 0 Å². The largest absolute Gasteiger partial charge is 0.135 e. The van der Waals surface area contributed by atoms with Gasteiger partial charge in [-0.3, -0.25) is 0 Å². The van der Waals surface area contributed by atoms with Gasteiger partial charge in [-0.2, -0.15) is 0 Å². The molecule has 0 aliphatic rings. The topological polar surface area (TPSA) is 0 Å². The molecule has 0 amide bonds. The van der Waals surface area contributed by atoms with Crippen molar-refractivity contribution in [3.8, 4) is 22.3 Å². The lowest BCUT2D eigenvalue weighted by Gasteiger charge is -2.10. The first-order valence-corrected chi connectivity index (χ1v) is 13.0. The molecule has 0 N–H and O–H groups in total. The number of benzene rings is 6. The fourth-order valence-corrected chi connectivity index (χ4v) is 6.52. The lowest BCUT2D eigenvalue weighted by molar-refractivity contribution is 1.59. The van der Waals surface area contributed by atoms with E-state index in [0.29, 0.717) is 0 Å². The lowest BCUT2D eigenvalue weighted by atomic mass is 9.94. The monoisotopic (exact) mass is 514 g/mol. The fraction of sp³-hybridized carbons (Fsp3) is 0. The van der Waals surface area contributed by atoms with Crippen LogP contribution in [0.2, 0.25) is 0 Å². The van der Waals surface area contributed by atoms with Crippen molar-refractivity contribution in [1.29, 1.82) is 0 Å². The summed E-state index contributed by atoms with van der Waals surface area (Å²) in [7, 11) is 0.